The molecule has 1 aromatic heterocycles. The molecule has 2 aromatic carbocycles. The fourth-order valence-corrected chi connectivity index (χ4v) is 4.43. The Morgan fingerprint density at radius 3 is 2.43 bits per heavy atom. The maximum atomic E-state index is 14.4. The molecule has 0 atom stereocenters. The molecule has 7 heteroatoms. The van der Waals surface area contributed by atoms with Crippen molar-refractivity contribution in [3.63, 3.8) is 0 Å². The number of carbonyl (C=O) groups excluding carboxylic acids is 1. The number of carbonyl (C=O) groups is 1. The van der Waals surface area contributed by atoms with Gasteiger partial charge in [0.25, 0.3) is 0 Å². The summed E-state index contributed by atoms with van der Waals surface area (Å²) in [7, 11) is 0. The van der Waals surface area contributed by atoms with Gasteiger partial charge >= 0.3 is 0 Å². The van der Waals surface area contributed by atoms with E-state index in [1.807, 2.05) is 0 Å². The fraction of sp³-hybridized carbons (Fsp3) is 0.348. The SMILES string of the molecule is O=C(N[C@H]1C[C@H](c2c(-c3ccc(F)cc3)[nH]c3c(F)cc(F)cc32)C1)C1(CO)CC1. The van der Waals surface area contributed by atoms with Crippen LogP contribution in [0, 0.1) is 22.9 Å². The Morgan fingerprint density at radius 2 is 1.80 bits per heavy atom. The number of H-pyrrole nitrogens is 1. The third-order valence-corrected chi connectivity index (χ3v) is 6.52. The zero-order chi connectivity index (χ0) is 21.0. The smallest absolute Gasteiger partial charge is 0.228 e. The molecule has 0 saturated heterocycles. The number of halogens is 3. The number of aliphatic hydroxyl groups is 1. The van der Waals surface area contributed by atoms with Crippen LogP contribution < -0.4 is 5.32 Å². The first-order chi connectivity index (χ1) is 14.4. The molecule has 3 N–H and O–H groups in total. The van der Waals surface area contributed by atoms with E-state index in [-0.39, 0.29) is 35.8 Å². The maximum Gasteiger partial charge on any atom is 0.228 e. The van der Waals surface area contributed by atoms with Gasteiger partial charge in [-0.25, -0.2) is 13.2 Å². The predicted octanol–water partition coefficient (Wildman–Crippen LogP) is 4.39. The highest BCUT2D eigenvalue weighted by Crippen LogP contribution is 2.48. The second-order valence-electron chi connectivity index (χ2n) is 8.51. The van der Waals surface area contributed by atoms with Crippen molar-refractivity contribution in [1.82, 2.24) is 10.3 Å². The van der Waals surface area contributed by atoms with Gasteiger partial charge in [-0.1, -0.05) is 0 Å². The fourth-order valence-electron chi connectivity index (χ4n) is 4.43. The van der Waals surface area contributed by atoms with Crippen LogP contribution in [0.15, 0.2) is 36.4 Å². The van der Waals surface area contributed by atoms with Crippen LogP contribution in [0.4, 0.5) is 13.2 Å². The van der Waals surface area contributed by atoms with E-state index in [0.717, 1.165) is 11.6 Å². The van der Waals surface area contributed by atoms with Gasteiger partial charge in [0.05, 0.1) is 23.2 Å². The lowest BCUT2D eigenvalue weighted by Gasteiger charge is -2.37. The van der Waals surface area contributed by atoms with Gasteiger partial charge in [-0.3, -0.25) is 4.79 Å². The summed E-state index contributed by atoms with van der Waals surface area (Å²) in [6.07, 6.45) is 2.65. The minimum absolute atomic E-state index is 0.00502. The van der Waals surface area contributed by atoms with E-state index in [1.165, 1.54) is 18.2 Å². The zero-order valence-electron chi connectivity index (χ0n) is 16.1. The first kappa shape index (κ1) is 19.2. The Morgan fingerprint density at radius 1 is 1.10 bits per heavy atom. The third kappa shape index (κ3) is 3.08. The summed E-state index contributed by atoms with van der Waals surface area (Å²) in [5.74, 6) is -1.84. The molecule has 0 bridgehead atoms. The lowest BCUT2D eigenvalue weighted by atomic mass is 9.74. The highest BCUT2D eigenvalue weighted by atomic mass is 19.1. The number of hydrogen-bond donors (Lipinski definition) is 3. The van der Waals surface area contributed by atoms with Crippen molar-refractivity contribution >= 4 is 16.8 Å². The molecule has 4 nitrogen and oxygen atoms in total. The topological polar surface area (TPSA) is 65.1 Å². The quantitative estimate of drug-likeness (QED) is 0.580. The van der Waals surface area contributed by atoms with Crippen molar-refractivity contribution in [2.75, 3.05) is 6.61 Å². The van der Waals surface area contributed by atoms with Crippen molar-refractivity contribution < 1.29 is 23.1 Å². The van der Waals surface area contributed by atoms with E-state index >= 15 is 0 Å². The zero-order valence-corrected chi connectivity index (χ0v) is 16.1. The summed E-state index contributed by atoms with van der Waals surface area (Å²) in [6.45, 7) is -0.148. The molecule has 0 unspecified atom stereocenters. The number of aromatic nitrogens is 1. The normalized spacial score (nSPS) is 22.0. The minimum atomic E-state index is -0.678. The summed E-state index contributed by atoms with van der Waals surface area (Å²) in [5.41, 5.74) is 1.70. The minimum Gasteiger partial charge on any atom is -0.395 e. The highest BCUT2D eigenvalue weighted by Gasteiger charge is 2.50. The average molecular weight is 414 g/mol. The molecule has 0 spiro atoms. The first-order valence-corrected chi connectivity index (χ1v) is 10.1. The van der Waals surface area contributed by atoms with Crippen LogP contribution in [0.3, 0.4) is 0 Å². The third-order valence-electron chi connectivity index (χ3n) is 6.52. The van der Waals surface area contributed by atoms with E-state index in [0.29, 0.717) is 42.3 Å². The lowest BCUT2D eigenvalue weighted by Crippen LogP contribution is -2.47. The van der Waals surface area contributed by atoms with E-state index in [2.05, 4.69) is 10.3 Å². The molecule has 2 aliphatic rings. The van der Waals surface area contributed by atoms with Crippen LogP contribution in [0.5, 0.6) is 0 Å². The van der Waals surface area contributed by atoms with Crippen LogP contribution in [0.25, 0.3) is 22.2 Å². The summed E-state index contributed by atoms with van der Waals surface area (Å²) in [4.78, 5) is 15.4. The predicted molar refractivity (Wildman–Crippen MR) is 106 cm³/mol. The summed E-state index contributed by atoms with van der Waals surface area (Å²) < 4.78 is 41.8. The van der Waals surface area contributed by atoms with E-state index in [4.69, 9.17) is 0 Å². The van der Waals surface area contributed by atoms with Crippen molar-refractivity contribution in [2.24, 2.45) is 5.41 Å². The van der Waals surface area contributed by atoms with Crippen molar-refractivity contribution in [2.45, 2.75) is 37.6 Å². The van der Waals surface area contributed by atoms with Gasteiger partial charge in [-0.15, -0.1) is 0 Å². The molecule has 1 amide bonds. The lowest BCUT2D eigenvalue weighted by molar-refractivity contribution is -0.129. The standard InChI is InChI=1S/C23H21F3N2O2/c24-14-3-1-12(2-4-14)20-19(17-9-15(25)10-18(26)21(17)28-20)13-7-16(8-13)27-22(30)23(11-29)5-6-23/h1-4,9-10,13,16,28-29H,5-8,11H2,(H,27,30)/t13-,16-. The van der Waals surface area contributed by atoms with Crippen molar-refractivity contribution in [3.05, 3.63) is 59.4 Å². The van der Waals surface area contributed by atoms with Crippen LogP contribution in [-0.4, -0.2) is 28.6 Å². The number of aromatic amines is 1. The molecular formula is C23H21F3N2O2. The van der Waals surface area contributed by atoms with Crippen LogP contribution in [0.2, 0.25) is 0 Å². The summed E-state index contributed by atoms with van der Waals surface area (Å²) >= 11 is 0. The number of benzene rings is 2. The molecular weight excluding hydrogens is 393 g/mol. The Labute approximate surface area is 171 Å². The van der Waals surface area contributed by atoms with Gasteiger partial charge in [-0.05, 0) is 73.1 Å². The van der Waals surface area contributed by atoms with Crippen LogP contribution in [-0.2, 0) is 4.79 Å². The van der Waals surface area contributed by atoms with Gasteiger partial charge in [0.15, 0.2) is 0 Å². The van der Waals surface area contributed by atoms with E-state index in [9.17, 15) is 23.1 Å². The molecule has 2 saturated carbocycles. The highest BCUT2D eigenvalue weighted by molar-refractivity contribution is 5.92. The van der Waals surface area contributed by atoms with Crippen LogP contribution in [0.1, 0.15) is 37.2 Å². The van der Waals surface area contributed by atoms with Crippen molar-refractivity contribution in [3.8, 4) is 11.3 Å². The number of aliphatic hydroxyl groups excluding tert-OH is 1. The number of amides is 1. The Bertz CT molecular complexity index is 1130. The largest absolute Gasteiger partial charge is 0.395 e. The summed E-state index contributed by atoms with van der Waals surface area (Å²) in [6, 6.07) is 7.97. The molecule has 2 fully saturated rings. The van der Waals surface area contributed by atoms with Crippen LogP contribution >= 0.6 is 0 Å². The number of nitrogens with one attached hydrogen (secondary N) is 2. The second kappa shape index (κ2) is 6.87. The molecule has 156 valence electrons. The molecule has 3 aromatic rings. The Kier molecular flexibility index (Phi) is 4.39. The van der Waals surface area contributed by atoms with Gasteiger partial charge in [0, 0.05) is 17.5 Å². The number of fused-ring (bicyclic) bond motifs is 1. The number of hydrogen-bond acceptors (Lipinski definition) is 2. The second-order valence-corrected chi connectivity index (χ2v) is 8.51. The first-order valence-electron chi connectivity index (χ1n) is 10.1. The van der Waals surface area contributed by atoms with Gasteiger partial charge in [0.1, 0.15) is 17.5 Å². The monoisotopic (exact) mass is 414 g/mol. The molecule has 1 heterocycles. The molecule has 2 aliphatic carbocycles. The van der Waals surface area contributed by atoms with E-state index in [1.54, 1.807) is 12.1 Å². The maximum absolute atomic E-state index is 14.4. The van der Waals surface area contributed by atoms with Gasteiger partial charge in [0.2, 0.25) is 5.91 Å². The molecule has 0 aliphatic heterocycles. The van der Waals surface area contributed by atoms with E-state index < -0.39 is 17.0 Å². The molecule has 5 rings (SSSR count). The Balaban J connectivity index is 1.47. The number of rotatable bonds is 5. The molecule has 0 radical (unpaired) electrons. The van der Waals surface area contributed by atoms with Gasteiger partial charge in [-0.2, -0.15) is 0 Å². The molecule has 30 heavy (non-hydrogen) atoms. The van der Waals surface area contributed by atoms with Crippen molar-refractivity contribution in [1.29, 1.82) is 0 Å². The Hall–Kier alpha value is -2.80. The average Bonchev–Trinajstić information content (AvgIpc) is 3.41. The summed E-state index contributed by atoms with van der Waals surface area (Å²) in [5, 5.41) is 12.9. The van der Waals surface area contributed by atoms with Gasteiger partial charge < -0.3 is 15.4 Å².